The van der Waals surface area contributed by atoms with E-state index in [2.05, 4.69) is 0 Å². The molecule has 0 fully saturated rings. The third kappa shape index (κ3) is 3.77. The molecule has 0 atom stereocenters. The zero-order valence-electron chi connectivity index (χ0n) is 9.69. The number of benzene rings is 1. The monoisotopic (exact) mass is 219 g/mol. The molecule has 3 nitrogen and oxygen atoms in total. The SMILES string of the molecule is CCOC(=O)CC=Cc1cc(C)ccc1N. The van der Waals surface area contributed by atoms with E-state index >= 15 is 0 Å². The maximum atomic E-state index is 11.1. The third-order valence-electron chi connectivity index (χ3n) is 2.13. The molecule has 1 aromatic carbocycles. The van der Waals surface area contributed by atoms with Crippen LogP contribution in [0.1, 0.15) is 24.5 Å². The number of hydrogen-bond donors (Lipinski definition) is 1. The van der Waals surface area contributed by atoms with Crippen LogP contribution < -0.4 is 5.73 Å². The summed E-state index contributed by atoms with van der Waals surface area (Å²) < 4.78 is 4.81. The lowest BCUT2D eigenvalue weighted by Gasteiger charge is -2.01. The Morgan fingerprint density at radius 2 is 2.25 bits per heavy atom. The van der Waals surface area contributed by atoms with Crippen molar-refractivity contribution >= 4 is 17.7 Å². The second-order valence-corrected chi connectivity index (χ2v) is 3.54. The van der Waals surface area contributed by atoms with E-state index in [9.17, 15) is 4.79 Å². The van der Waals surface area contributed by atoms with Crippen molar-refractivity contribution in [1.82, 2.24) is 0 Å². The van der Waals surface area contributed by atoms with Crippen LogP contribution in [0.5, 0.6) is 0 Å². The van der Waals surface area contributed by atoms with Gasteiger partial charge in [-0.3, -0.25) is 4.79 Å². The van der Waals surface area contributed by atoms with Gasteiger partial charge in [0.1, 0.15) is 0 Å². The molecule has 0 bridgehead atoms. The van der Waals surface area contributed by atoms with E-state index in [0.29, 0.717) is 12.3 Å². The van der Waals surface area contributed by atoms with E-state index in [4.69, 9.17) is 10.5 Å². The largest absolute Gasteiger partial charge is 0.466 e. The van der Waals surface area contributed by atoms with Crippen LogP contribution >= 0.6 is 0 Å². The highest BCUT2D eigenvalue weighted by atomic mass is 16.5. The molecule has 2 N–H and O–H groups in total. The average Bonchev–Trinajstić information content (AvgIpc) is 2.23. The highest BCUT2D eigenvalue weighted by Gasteiger charge is 1.98. The van der Waals surface area contributed by atoms with Crippen LogP contribution in [0.15, 0.2) is 24.3 Å². The van der Waals surface area contributed by atoms with Crippen molar-refractivity contribution < 1.29 is 9.53 Å². The standard InChI is InChI=1S/C13H17NO2/c1-3-16-13(15)6-4-5-11-9-10(2)7-8-12(11)14/h4-5,7-9H,3,6,14H2,1-2H3. The fourth-order valence-electron chi connectivity index (χ4n) is 1.34. The molecule has 0 amide bonds. The van der Waals surface area contributed by atoms with E-state index in [1.165, 1.54) is 0 Å². The highest BCUT2D eigenvalue weighted by molar-refractivity contribution is 5.74. The van der Waals surface area contributed by atoms with Crippen LogP contribution in [0.25, 0.3) is 6.08 Å². The number of carbonyl (C=O) groups excluding carboxylic acids is 1. The van der Waals surface area contributed by atoms with Crippen molar-refractivity contribution in [3.05, 3.63) is 35.4 Å². The van der Waals surface area contributed by atoms with Crippen molar-refractivity contribution in [3.8, 4) is 0 Å². The predicted molar refractivity (Wildman–Crippen MR) is 65.9 cm³/mol. The molecule has 0 aliphatic carbocycles. The number of anilines is 1. The number of rotatable bonds is 4. The second-order valence-electron chi connectivity index (χ2n) is 3.54. The molecular weight excluding hydrogens is 202 g/mol. The minimum atomic E-state index is -0.218. The molecule has 1 rings (SSSR count). The molecule has 1 aromatic rings. The first-order valence-electron chi connectivity index (χ1n) is 5.31. The van der Waals surface area contributed by atoms with E-state index in [1.807, 2.05) is 31.2 Å². The number of nitrogens with two attached hydrogens (primary N) is 1. The molecule has 0 aliphatic heterocycles. The molecule has 0 aliphatic rings. The number of carbonyl (C=O) groups is 1. The Morgan fingerprint density at radius 3 is 2.94 bits per heavy atom. The van der Waals surface area contributed by atoms with Gasteiger partial charge in [-0.1, -0.05) is 23.8 Å². The molecule has 0 aromatic heterocycles. The van der Waals surface area contributed by atoms with Gasteiger partial charge >= 0.3 is 5.97 Å². The van der Waals surface area contributed by atoms with Gasteiger partial charge in [-0.2, -0.15) is 0 Å². The van der Waals surface area contributed by atoms with Gasteiger partial charge in [0.15, 0.2) is 0 Å². The highest BCUT2D eigenvalue weighted by Crippen LogP contribution is 2.15. The van der Waals surface area contributed by atoms with Crippen molar-refractivity contribution in [2.45, 2.75) is 20.3 Å². The Morgan fingerprint density at radius 1 is 1.50 bits per heavy atom. The van der Waals surface area contributed by atoms with Gasteiger partial charge in [-0.05, 0) is 31.5 Å². The zero-order valence-corrected chi connectivity index (χ0v) is 9.69. The Hall–Kier alpha value is -1.77. The first kappa shape index (κ1) is 12.3. The second kappa shape index (κ2) is 5.95. The Balaban J connectivity index is 2.62. The molecule has 0 unspecified atom stereocenters. The fourth-order valence-corrected chi connectivity index (χ4v) is 1.34. The lowest BCUT2D eigenvalue weighted by atomic mass is 10.1. The molecule has 0 heterocycles. The minimum Gasteiger partial charge on any atom is -0.466 e. The Kier molecular flexibility index (Phi) is 4.58. The van der Waals surface area contributed by atoms with Gasteiger partial charge in [-0.25, -0.2) is 0 Å². The average molecular weight is 219 g/mol. The van der Waals surface area contributed by atoms with Crippen molar-refractivity contribution in [3.63, 3.8) is 0 Å². The topological polar surface area (TPSA) is 52.3 Å². The summed E-state index contributed by atoms with van der Waals surface area (Å²) in [5.74, 6) is -0.218. The van der Waals surface area contributed by atoms with Crippen molar-refractivity contribution in [2.24, 2.45) is 0 Å². The molecule has 16 heavy (non-hydrogen) atoms. The molecule has 0 saturated heterocycles. The summed E-state index contributed by atoms with van der Waals surface area (Å²) in [4.78, 5) is 11.1. The molecule has 86 valence electrons. The van der Waals surface area contributed by atoms with Crippen molar-refractivity contribution in [2.75, 3.05) is 12.3 Å². The first-order valence-corrected chi connectivity index (χ1v) is 5.31. The normalized spacial score (nSPS) is 10.6. The molecule has 0 spiro atoms. The van der Waals surface area contributed by atoms with Crippen LogP contribution in [0.4, 0.5) is 5.69 Å². The number of nitrogen functional groups attached to an aromatic ring is 1. The summed E-state index contributed by atoms with van der Waals surface area (Å²) in [7, 11) is 0. The first-order chi connectivity index (χ1) is 7.63. The van der Waals surface area contributed by atoms with Gasteiger partial charge in [0.05, 0.1) is 13.0 Å². The number of esters is 1. The van der Waals surface area contributed by atoms with Crippen LogP contribution in [0.3, 0.4) is 0 Å². The van der Waals surface area contributed by atoms with Gasteiger partial charge in [0.25, 0.3) is 0 Å². The lowest BCUT2D eigenvalue weighted by Crippen LogP contribution is -2.01. The Bertz CT molecular complexity index is 397. The summed E-state index contributed by atoms with van der Waals surface area (Å²) in [5.41, 5.74) is 8.59. The van der Waals surface area contributed by atoms with E-state index in [0.717, 1.165) is 11.1 Å². The van der Waals surface area contributed by atoms with Crippen LogP contribution in [-0.2, 0) is 9.53 Å². The summed E-state index contributed by atoms with van der Waals surface area (Å²) in [6, 6.07) is 5.80. The number of hydrogen-bond acceptors (Lipinski definition) is 3. The summed E-state index contributed by atoms with van der Waals surface area (Å²) >= 11 is 0. The molecule has 0 radical (unpaired) electrons. The van der Waals surface area contributed by atoms with E-state index in [1.54, 1.807) is 13.0 Å². The van der Waals surface area contributed by atoms with E-state index in [-0.39, 0.29) is 12.4 Å². The molecule has 0 saturated carbocycles. The zero-order chi connectivity index (χ0) is 12.0. The van der Waals surface area contributed by atoms with Crippen LogP contribution in [0.2, 0.25) is 0 Å². The maximum Gasteiger partial charge on any atom is 0.309 e. The predicted octanol–water partition coefficient (Wildman–Crippen LogP) is 2.54. The number of ether oxygens (including phenoxy) is 1. The van der Waals surface area contributed by atoms with Gasteiger partial charge in [0.2, 0.25) is 0 Å². The minimum absolute atomic E-state index is 0.218. The summed E-state index contributed by atoms with van der Waals surface area (Å²) in [5, 5.41) is 0. The van der Waals surface area contributed by atoms with Crippen molar-refractivity contribution in [1.29, 1.82) is 0 Å². The lowest BCUT2D eigenvalue weighted by molar-refractivity contribution is -0.142. The smallest absolute Gasteiger partial charge is 0.309 e. The number of aryl methyl sites for hydroxylation is 1. The maximum absolute atomic E-state index is 11.1. The van der Waals surface area contributed by atoms with Gasteiger partial charge < -0.3 is 10.5 Å². The molecule has 3 heteroatoms. The summed E-state index contributed by atoms with van der Waals surface area (Å²) in [6.45, 7) is 4.21. The van der Waals surface area contributed by atoms with E-state index < -0.39 is 0 Å². The summed E-state index contributed by atoms with van der Waals surface area (Å²) in [6.07, 6.45) is 3.89. The quantitative estimate of drug-likeness (QED) is 0.625. The molecular formula is C13H17NO2. The Labute approximate surface area is 95.9 Å². The van der Waals surface area contributed by atoms with Gasteiger partial charge in [-0.15, -0.1) is 0 Å². The van der Waals surface area contributed by atoms with Crippen LogP contribution in [0, 0.1) is 6.92 Å². The third-order valence-corrected chi connectivity index (χ3v) is 2.13. The van der Waals surface area contributed by atoms with Crippen LogP contribution in [-0.4, -0.2) is 12.6 Å². The fraction of sp³-hybridized carbons (Fsp3) is 0.308. The van der Waals surface area contributed by atoms with Gasteiger partial charge in [0, 0.05) is 5.69 Å².